The van der Waals surface area contributed by atoms with Gasteiger partial charge in [-0.2, -0.15) is 0 Å². The molecule has 1 aliphatic rings. The van der Waals surface area contributed by atoms with Gasteiger partial charge >= 0.3 is 0 Å². The summed E-state index contributed by atoms with van der Waals surface area (Å²) in [5.74, 6) is 0.869. The number of methoxy groups -OCH3 is 1. The van der Waals surface area contributed by atoms with E-state index in [1.54, 1.807) is 7.11 Å². The predicted octanol–water partition coefficient (Wildman–Crippen LogP) is 1.51. The SMILES string of the molecule is CCCC1CN(CC(C)(O)CCOC)C1. The van der Waals surface area contributed by atoms with Crippen LogP contribution in [0, 0.1) is 5.92 Å². The Morgan fingerprint density at radius 3 is 2.67 bits per heavy atom. The van der Waals surface area contributed by atoms with Gasteiger partial charge in [0, 0.05) is 39.8 Å². The zero-order valence-electron chi connectivity index (χ0n) is 10.3. The molecule has 90 valence electrons. The molecule has 0 saturated carbocycles. The highest BCUT2D eigenvalue weighted by Gasteiger charge is 2.31. The van der Waals surface area contributed by atoms with Crippen LogP contribution in [-0.2, 0) is 4.74 Å². The zero-order chi connectivity index (χ0) is 11.3. The molecule has 1 aliphatic heterocycles. The van der Waals surface area contributed by atoms with Gasteiger partial charge in [-0.1, -0.05) is 13.3 Å². The first kappa shape index (κ1) is 12.9. The van der Waals surface area contributed by atoms with Gasteiger partial charge in [0.05, 0.1) is 5.60 Å². The molecule has 0 aromatic carbocycles. The summed E-state index contributed by atoms with van der Waals surface area (Å²) in [6.07, 6.45) is 3.33. The van der Waals surface area contributed by atoms with E-state index >= 15 is 0 Å². The maximum atomic E-state index is 10.1. The van der Waals surface area contributed by atoms with Gasteiger partial charge in [-0.05, 0) is 19.3 Å². The van der Waals surface area contributed by atoms with E-state index in [0.717, 1.165) is 32.0 Å². The predicted molar refractivity (Wildman–Crippen MR) is 62.0 cm³/mol. The van der Waals surface area contributed by atoms with Crippen molar-refractivity contribution in [3.8, 4) is 0 Å². The molecule has 3 nitrogen and oxygen atoms in total. The second-order valence-corrected chi connectivity index (χ2v) is 5.09. The summed E-state index contributed by atoms with van der Waals surface area (Å²) >= 11 is 0. The van der Waals surface area contributed by atoms with E-state index in [9.17, 15) is 5.11 Å². The van der Waals surface area contributed by atoms with Crippen molar-refractivity contribution in [1.29, 1.82) is 0 Å². The van der Waals surface area contributed by atoms with E-state index in [2.05, 4.69) is 11.8 Å². The van der Waals surface area contributed by atoms with E-state index < -0.39 is 5.60 Å². The maximum Gasteiger partial charge on any atom is 0.0768 e. The number of nitrogens with zero attached hydrogens (tertiary/aromatic N) is 1. The third-order valence-corrected chi connectivity index (χ3v) is 3.14. The lowest BCUT2D eigenvalue weighted by Crippen LogP contribution is -2.53. The highest BCUT2D eigenvalue weighted by molar-refractivity contribution is 4.85. The highest BCUT2D eigenvalue weighted by atomic mass is 16.5. The quantitative estimate of drug-likeness (QED) is 0.698. The molecule has 0 bridgehead atoms. The molecule has 1 saturated heterocycles. The molecule has 3 heteroatoms. The van der Waals surface area contributed by atoms with Crippen LogP contribution in [0.5, 0.6) is 0 Å². The summed E-state index contributed by atoms with van der Waals surface area (Å²) < 4.78 is 4.99. The number of aliphatic hydroxyl groups is 1. The molecule has 1 N–H and O–H groups in total. The Kier molecular flexibility index (Phi) is 5.03. The van der Waals surface area contributed by atoms with Crippen molar-refractivity contribution in [3.05, 3.63) is 0 Å². The van der Waals surface area contributed by atoms with Crippen molar-refractivity contribution >= 4 is 0 Å². The number of ether oxygens (including phenoxy) is 1. The van der Waals surface area contributed by atoms with Crippen LogP contribution in [0.1, 0.15) is 33.1 Å². The Morgan fingerprint density at radius 1 is 1.47 bits per heavy atom. The van der Waals surface area contributed by atoms with E-state index in [-0.39, 0.29) is 0 Å². The standard InChI is InChI=1S/C12H25NO2/c1-4-5-11-8-13(9-11)10-12(2,14)6-7-15-3/h11,14H,4-10H2,1-3H3. The van der Waals surface area contributed by atoms with Crippen molar-refractivity contribution in [2.75, 3.05) is 33.4 Å². The second kappa shape index (κ2) is 5.83. The van der Waals surface area contributed by atoms with Gasteiger partial charge in [0.1, 0.15) is 0 Å². The van der Waals surface area contributed by atoms with E-state index in [0.29, 0.717) is 6.61 Å². The Hall–Kier alpha value is -0.120. The molecule has 1 atom stereocenters. The molecule has 1 heterocycles. The summed E-state index contributed by atoms with van der Waals surface area (Å²) in [6.45, 7) is 7.89. The van der Waals surface area contributed by atoms with Gasteiger partial charge in [-0.25, -0.2) is 0 Å². The number of hydrogen-bond acceptors (Lipinski definition) is 3. The minimum Gasteiger partial charge on any atom is -0.389 e. The van der Waals surface area contributed by atoms with Crippen molar-refractivity contribution in [2.45, 2.75) is 38.7 Å². The van der Waals surface area contributed by atoms with Crippen LogP contribution in [0.15, 0.2) is 0 Å². The molecule has 0 spiro atoms. The molecule has 0 aromatic rings. The van der Waals surface area contributed by atoms with Crippen molar-refractivity contribution in [2.24, 2.45) is 5.92 Å². The van der Waals surface area contributed by atoms with Crippen molar-refractivity contribution in [3.63, 3.8) is 0 Å². The molecule has 0 aliphatic carbocycles. The number of rotatable bonds is 7. The summed E-state index contributed by atoms with van der Waals surface area (Å²) in [4.78, 5) is 2.34. The van der Waals surface area contributed by atoms with Crippen LogP contribution >= 0.6 is 0 Å². The summed E-state index contributed by atoms with van der Waals surface area (Å²) in [7, 11) is 1.68. The second-order valence-electron chi connectivity index (χ2n) is 5.09. The molecule has 0 radical (unpaired) electrons. The third-order valence-electron chi connectivity index (χ3n) is 3.14. The molecule has 1 unspecified atom stereocenters. The lowest BCUT2D eigenvalue weighted by molar-refractivity contribution is -0.0367. The average molecular weight is 215 g/mol. The molecular weight excluding hydrogens is 190 g/mol. The molecule has 1 rings (SSSR count). The molecule has 0 amide bonds. The lowest BCUT2D eigenvalue weighted by atomic mass is 9.92. The van der Waals surface area contributed by atoms with Crippen LogP contribution in [0.2, 0.25) is 0 Å². The van der Waals surface area contributed by atoms with Gasteiger partial charge in [-0.3, -0.25) is 4.90 Å². The van der Waals surface area contributed by atoms with Gasteiger partial charge in [0.15, 0.2) is 0 Å². The average Bonchev–Trinajstić information content (AvgIpc) is 2.11. The topological polar surface area (TPSA) is 32.7 Å². The van der Waals surface area contributed by atoms with Crippen LogP contribution in [0.25, 0.3) is 0 Å². The van der Waals surface area contributed by atoms with Gasteiger partial charge in [0.2, 0.25) is 0 Å². The monoisotopic (exact) mass is 215 g/mol. The molecular formula is C12H25NO2. The van der Waals surface area contributed by atoms with E-state index in [4.69, 9.17) is 4.74 Å². The van der Waals surface area contributed by atoms with Gasteiger partial charge in [0.25, 0.3) is 0 Å². The van der Waals surface area contributed by atoms with Crippen LogP contribution in [0.4, 0.5) is 0 Å². The van der Waals surface area contributed by atoms with Gasteiger partial charge < -0.3 is 9.84 Å². The van der Waals surface area contributed by atoms with Crippen molar-refractivity contribution in [1.82, 2.24) is 4.90 Å². The normalized spacial score (nSPS) is 22.4. The fraction of sp³-hybridized carbons (Fsp3) is 1.00. The largest absolute Gasteiger partial charge is 0.389 e. The summed E-state index contributed by atoms with van der Waals surface area (Å²) in [6, 6.07) is 0. The minimum absolute atomic E-state index is 0.590. The fourth-order valence-corrected chi connectivity index (χ4v) is 2.28. The molecule has 15 heavy (non-hydrogen) atoms. The van der Waals surface area contributed by atoms with Crippen LogP contribution in [-0.4, -0.2) is 49.0 Å². The fourth-order valence-electron chi connectivity index (χ4n) is 2.28. The lowest BCUT2D eigenvalue weighted by Gasteiger charge is -2.43. The highest BCUT2D eigenvalue weighted by Crippen LogP contribution is 2.23. The Morgan fingerprint density at radius 2 is 2.13 bits per heavy atom. The van der Waals surface area contributed by atoms with Crippen LogP contribution < -0.4 is 0 Å². The smallest absolute Gasteiger partial charge is 0.0768 e. The third kappa shape index (κ3) is 4.49. The Labute approximate surface area is 93.4 Å². The number of likely N-dealkylation sites (tertiary alicyclic amines) is 1. The minimum atomic E-state index is -0.590. The summed E-state index contributed by atoms with van der Waals surface area (Å²) in [5, 5.41) is 10.1. The van der Waals surface area contributed by atoms with Crippen molar-refractivity contribution < 1.29 is 9.84 Å². The Bertz CT molecular complexity index is 176. The van der Waals surface area contributed by atoms with Gasteiger partial charge in [-0.15, -0.1) is 0 Å². The first-order valence-corrected chi connectivity index (χ1v) is 6.01. The summed E-state index contributed by atoms with van der Waals surface area (Å²) in [5.41, 5.74) is -0.590. The van der Waals surface area contributed by atoms with Crippen LogP contribution in [0.3, 0.4) is 0 Å². The Balaban J connectivity index is 2.14. The molecule has 0 aromatic heterocycles. The van der Waals surface area contributed by atoms with E-state index in [1.807, 2.05) is 6.92 Å². The zero-order valence-corrected chi connectivity index (χ0v) is 10.3. The maximum absolute atomic E-state index is 10.1. The first-order valence-electron chi connectivity index (χ1n) is 6.01. The van der Waals surface area contributed by atoms with E-state index in [1.165, 1.54) is 12.8 Å². The first-order chi connectivity index (χ1) is 7.07. The number of hydrogen-bond donors (Lipinski definition) is 1. The number of β-amino-alcohol motifs (C(OH)–C–C–N with tert-alkyl or cyclic N) is 1. The molecule has 1 fully saturated rings.